The third kappa shape index (κ3) is 3.93. The summed E-state index contributed by atoms with van der Waals surface area (Å²) in [5, 5.41) is 0.738. The smallest absolute Gasteiger partial charge is 0.243 e. The van der Waals surface area contributed by atoms with Gasteiger partial charge in [-0.1, -0.05) is 41.9 Å². The zero-order valence-corrected chi connectivity index (χ0v) is 14.4. The van der Waals surface area contributed by atoms with E-state index in [2.05, 4.69) is 0 Å². The quantitative estimate of drug-likeness (QED) is 0.905. The zero-order valence-electron chi connectivity index (χ0n) is 12.8. The molecule has 2 aromatic carbocycles. The van der Waals surface area contributed by atoms with Crippen molar-refractivity contribution in [3.05, 3.63) is 65.2 Å². The molecule has 2 aromatic rings. The molecule has 0 unspecified atom stereocenters. The van der Waals surface area contributed by atoms with Crippen LogP contribution in [-0.4, -0.2) is 38.9 Å². The van der Waals surface area contributed by atoms with Crippen molar-refractivity contribution in [3.8, 4) is 0 Å². The molecule has 1 heterocycles. The highest BCUT2D eigenvalue weighted by atomic mass is 35.5. The summed E-state index contributed by atoms with van der Waals surface area (Å²) in [4.78, 5) is 1.77. The van der Waals surface area contributed by atoms with Gasteiger partial charge in [0.2, 0.25) is 10.0 Å². The Balaban J connectivity index is 1.61. The highest BCUT2D eigenvalue weighted by Crippen LogP contribution is 2.15. The number of nitrogens with one attached hydrogen (secondary N) is 1. The first kappa shape index (κ1) is 16.5. The molecular formula is C17H20ClN2O2S+. The van der Waals surface area contributed by atoms with E-state index in [1.165, 1.54) is 10.5 Å². The summed E-state index contributed by atoms with van der Waals surface area (Å²) in [6.45, 7) is 3.64. The molecule has 23 heavy (non-hydrogen) atoms. The van der Waals surface area contributed by atoms with Crippen molar-refractivity contribution >= 4 is 21.6 Å². The summed E-state index contributed by atoms with van der Waals surface area (Å²) in [6, 6.07) is 16.5. The number of halogens is 1. The van der Waals surface area contributed by atoms with Gasteiger partial charge in [0, 0.05) is 10.6 Å². The van der Waals surface area contributed by atoms with Crippen molar-refractivity contribution in [1.82, 2.24) is 4.31 Å². The molecule has 1 aliphatic rings. The normalized spacial score (nSPS) is 17.3. The Morgan fingerprint density at radius 1 is 0.957 bits per heavy atom. The number of quaternary nitrogens is 1. The minimum Gasteiger partial charge on any atom is -0.329 e. The predicted octanol–water partition coefficient (Wildman–Crippen LogP) is 1.43. The number of rotatable bonds is 4. The number of benzene rings is 2. The molecule has 0 radical (unpaired) electrons. The highest BCUT2D eigenvalue weighted by molar-refractivity contribution is 7.89. The third-order valence-electron chi connectivity index (χ3n) is 4.18. The van der Waals surface area contributed by atoms with Gasteiger partial charge in [0.25, 0.3) is 0 Å². The summed E-state index contributed by atoms with van der Waals surface area (Å²) in [5.74, 6) is 0. The van der Waals surface area contributed by atoms with E-state index in [1.807, 2.05) is 30.3 Å². The Labute approximate surface area is 142 Å². The summed E-state index contributed by atoms with van der Waals surface area (Å²) in [6.07, 6.45) is 0. The number of nitrogens with zero attached hydrogens (tertiary/aromatic N) is 1. The molecule has 122 valence electrons. The van der Waals surface area contributed by atoms with Gasteiger partial charge in [-0.05, 0) is 24.3 Å². The number of hydrogen-bond acceptors (Lipinski definition) is 2. The van der Waals surface area contributed by atoms with Crippen molar-refractivity contribution in [3.63, 3.8) is 0 Å². The van der Waals surface area contributed by atoms with E-state index in [0.717, 1.165) is 24.7 Å². The second-order valence-electron chi connectivity index (χ2n) is 5.77. The van der Waals surface area contributed by atoms with Crippen LogP contribution < -0.4 is 4.90 Å². The largest absolute Gasteiger partial charge is 0.329 e. The molecule has 0 spiro atoms. The summed E-state index contributed by atoms with van der Waals surface area (Å²) in [7, 11) is -3.36. The van der Waals surface area contributed by atoms with Crippen LogP contribution in [0.1, 0.15) is 5.56 Å². The summed E-state index contributed by atoms with van der Waals surface area (Å²) >= 11 is 5.90. The minimum absolute atomic E-state index is 0.376. The van der Waals surface area contributed by atoms with E-state index in [1.54, 1.807) is 28.6 Å². The molecule has 1 fully saturated rings. The molecule has 0 amide bonds. The molecule has 0 aromatic heterocycles. The second kappa shape index (κ2) is 7.01. The number of piperazine rings is 1. The molecule has 1 N–H and O–H groups in total. The van der Waals surface area contributed by atoms with Crippen LogP contribution in [0.25, 0.3) is 0 Å². The van der Waals surface area contributed by atoms with Gasteiger partial charge >= 0.3 is 0 Å². The maximum absolute atomic E-state index is 12.6. The van der Waals surface area contributed by atoms with Crippen LogP contribution in [0.15, 0.2) is 59.5 Å². The summed E-state index contributed by atoms with van der Waals surface area (Å²) < 4.78 is 26.8. The standard InChI is InChI=1S/C17H19ClN2O2S/c18-16-8-6-15(7-9-16)14-19-10-12-20(13-11-19)23(21,22)17-4-2-1-3-5-17/h1-9H,10-14H2/p+1. The lowest BCUT2D eigenvalue weighted by Gasteiger charge is -2.31. The minimum atomic E-state index is -3.36. The van der Waals surface area contributed by atoms with Crippen molar-refractivity contribution in [2.75, 3.05) is 26.2 Å². The Bertz CT molecular complexity index is 740. The van der Waals surface area contributed by atoms with E-state index in [-0.39, 0.29) is 0 Å². The first-order chi connectivity index (χ1) is 11.1. The van der Waals surface area contributed by atoms with Crippen LogP contribution in [0.2, 0.25) is 5.02 Å². The Hall–Kier alpha value is -1.40. The molecule has 6 heteroatoms. The molecule has 0 atom stereocenters. The van der Waals surface area contributed by atoms with Gasteiger partial charge in [0.1, 0.15) is 6.54 Å². The fourth-order valence-corrected chi connectivity index (χ4v) is 4.44. The van der Waals surface area contributed by atoms with Crippen LogP contribution in [0, 0.1) is 0 Å². The van der Waals surface area contributed by atoms with Crippen LogP contribution in [0.5, 0.6) is 0 Å². The number of hydrogen-bond donors (Lipinski definition) is 1. The van der Waals surface area contributed by atoms with Gasteiger partial charge < -0.3 is 4.90 Å². The van der Waals surface area contributed by atoms with Gasteiger partial charge in [-0.2, -0.15) is 4.31 Å². The average molecular weight is 352 g/mol. The molecule has 0 bridgehead atoms. The Morgan fingerprint density at radius 3 is 2.17 bits per heavy atom. The SMILES string of the molecule is O=S(=O)(c1ccccc1)N1CC[NH+](Cc2ccc(Cl)cc2)CC1. The van der Waals surface area contributed by atoms with Crippen molar-refractivity contribution < 1.29 is 13.3 Å². The lowest BCUT2D eigenvalue weighted by Crippen LogP contribution is -3.13. The van der Waals surface area contributed by atoms with Gasteiger partial charge in [-0.15, -0.1) is 0 Å². The number of sulfonamides is 1. The lowest BCUT2D eigenvalue weighted by molar-refractivity contribution is -0.917. The second-order valence-corrected chi connectivity index (χ2v) is 8.14. The van der Waals surface area contributed by atoms with Gasteiger partial charge in [-0.3, -0.25) is 0 Å². The molecule has 4 nitrogen and oxygen atoms in total. The first-order valence-electron chi connectivity index (χ1n) is 7.69. The predicted molar refractivity (Wildman–Crippen MR) is 91.1 cm³/mol. The molecule has 1 saturated heterocycles. The van der Waals surface area contributed by atoms with E-state index >= 15 is 0 Å². The van der Waals surface area contributed by atoms with Crippen LogP contribution in [-0.2, 0) is 16.6 Å². The third-order valence-corrected chi connectivity index (χ3v) is 6.34. The monoisotopic (exact) mass is 351 g/mol. The topological polar surface area (TPSA) is 41.8 Å². The van der Waals surface area contributed by atoms with Crippen LogP contribution in [0.3, 0.4) is 0 Å². The fourth-order valence-electron chi connectivity index (χ4n) is 2.85. The zero-order chi connectivity index (χ0) is 16.3. The molecule has 1 aliphatic heterocycles. The van der Waals surface area contributed by atoms with Gasteiger partial charge in [0.05, 0.1) is 31.1 Å². The van der Waals surface area contributed by atoms with E-state index in [0.29, 0.717) is 18.0 Å². The maximum atomic E-state index is 12.6. The van der Waals surface area contributed by atoms with E-state index in [4.69, 9.17) is 11.6 Å². The first-order valence-corrected chi connectivity index (χ1v) is 9.51. The van der Waals surface area contributed by atoms with E-state index < -0.39 is 10.0 Å². The highest BCUT2D eigenvalue weighted by Gasteiger charge is 2.30. The molecule has 0 aliphatic carbocycles. The van der Waals surface area contributed by atoms with Crippen molar-refractivity contribution in [1.29, 1.82) is 0 Å². The average Bonchev–Trinajstić information content (AvgIpc) is 2.58. The Kier molecular flexibility index (Phi) is 5.02. The molecular weight excluding hydrogens is 332 g/mol. The summed E-state index contributed by atoms with van der Waals surface area (Å²) in [5.41, 5.74) is 1.23. The van der Waals surface area contributed by atoms with Gasteiger partial charge in [-0.25, -0.2) is 8.42 Å². The van der Waals surface area contributed by atoms with Crippen molar-refractivity contribution in [2.45, 2.75) is 11.4 Å². The van der Waals surface area contributed by atoms with Crippen LogP contribution in [0.4, 0.5) is 0 Å². The lowest BCUT2D eigenvalue weighted by atomic mass is 10.2. The maximum Gasteiger partial charge on any atom is 0.243 e. The van der Waals surface area contributed by atoms with Crippen LogP contribution >= 0.6 is 11.6 Å². The Morgan fingerprint density at radius 2 is 1.57 bits per heavy atom. The van der Waals surface area contributed by atoms with Crippen molar-refractivity contribution in [2.24, 2.45) is 0 Å². The molecule has 0 saturated carbocycles. The fraction of sp³-hybridized carbons (Fsp3) is 0.294. The molecule has 3 rings (SSSR count). The van der Waals surface area contributed by atoms with E-state index in [9.17, 15) is 8.42 Å². The van der Waals surface area contributed by atoms with Gasteiger partial charge in [0.15, 0.2) is 0 Å².